The largest absolute Gasteiger partial charge is 0.173 e. The van der Waals surface area contributed by atoms with Crippen LogP contribution >= 0.6 is 0 Å². The molecule has 0 aliphatic rings. The lowest BCUT2D eigenvalue weighted by atomic mass is 10.8. The Morgan fingerprint density at radius 1 is 1.11 bits per heavy atom. The fourth-order valence-corrected chi connectivity index (χ4v) is 0.351. The van der Waals surface area contributed by atoms with Crippen LogP contribution in [0.4, 0.5) is 0 Å². The van der Waals surface area contributed by atoms with Gasteiger partial charge in [0.25, 0.3) is 0 Å². The molecule has 0 rings (SSSR count). The highest BCUT2D eigenvalue weighted by Gasteiger charge is 1.88. The highest BCUT2D eigenvalue weighted by atomic mass is 15.7. The maximum Gasteiger partial charge on any atom is 0.0613 e. The molecule has 0 bridgehead atoms. The number of hydrogen-bond donors (Lipinski definition) is 0. The maximum absolute atomic E-state index is 3.63. The Labute approximate surface area is 54.4 Å². The van der Waals surface area contributed by atoms with Crippen LogP contribution in [0.1, 0.15) is 6.92 Å². The molecule has 0 N–H and O–H groups in total. The van der Waals surface area contributed by atoms with Gasteiger partial charge in [0, 0.05) is 0 Å². The van der Waals surface area contributed by atoms with Crippen LogP contribution in [0.5, 0.6) is 0 Å². The van der Waals surface area contributed by atoms with Gasteiger partial charge < -0.3 is 0 Å². The summed E-state index contributed by atoms with van der Waals surface area (Å²) in [5.41, 5.74) is 0. The number of rotatable bonds is 3. The molecule has 0 amide bonds. The molecule has 0 saturated heterocycles. The van der Waals surface area contributed by atoms with Crippen molar-refractivity contribution in [2.75, 3.05) is 20.6 Å². The smallest absolute Gasteiger partial charge is 0.0613 e. The monoisotopic (exact) mass is 129 g/mol. The zero-order valence-electron chi connectivity index (χ0n) is 5.94. The lowest BCUT2D eigenvalue weighted by Crippen LogP contribution is -2.06. The molecular weight excluding hydrogens is 118 g/mol. The van der Waals surface area contributed by atoms with Gasteiger partial charge in [0.15, 0.2) is 0 Å². The molecule has 0 unspecified atom stereocenters. The third-order valence-electron chi connectivity index (χ3n) is 0.668. The summed E-state index contributed by atoms with van der Waals surface area (Å²) in [7, 11) is 3.18. The van der Waals surface area contributed by atoms with Crippen molar-refractivity contribution in [1.82, 2.24) is 5.12 Å². The fourth-order valence-electron chi connectivity index (χ4n) is 0.351. The van der Waals surface area contributed by atoms with Crippen molar-refractivity contribution in [3.8, 4) is 0 Å². The molecule has 0 fully saturated rings. The molecule has 0 aromatic rings. The average Bonchev–Trinajstić information content (AvgIpc) is 1.88. The van der Waals surface area contributed by atoms with Gasteiger partial charge in [-0.25, -0.2) is 0 Å². The summed E-state index contributed by atoms with van der Waals surface area (Å²) < 4.78 is 0. The van der Waals surface area contributed by atoms with Gasteiger partial charge in [0.1, 0.15) is 0 Å². The van der Waals surface area contributed by atoms with E-state index >= 15 is 0 Å². The van der Waals surface area contributed by atoms with Crippen molar-refractivity contribution < 1.29 is 0 Å². The van der Waals surface area contributed by atoms with E-state index in [2.05, 4.69) is 20.7 Å². The van der Waals surface area contributed by atoms with Crippen molar-refractivity contribution in [2.45, 2.75) is 6.92 Å². The zero-order chi connectivity index (χ0) is 7.11. The minimum absolute atomic E-state index is 0.689. The summed E-state index contributed by atoms with van der Waals surface area (Å²) in [5.74, 6) is 0. The van der Waals surface area contributed by atoms with Gasteiger partial charge in [-0.05, 0) is 6.92 Å². The molecule has 5 heteroatoms. The highest BCUT2D eigenvalue weighted by Crippen LogP contribution is 1.89. The normalized spacial score (nSPS) is 11.4. The molecule has 0 spiro atoms. The summed E-state index contributed by atoms with van der Waals surface area (Å²) in [6.07, 6.45) is 0. The van der Waals surface area contributed by atoms with Crippen molar-refractivity contribution in [1.29, 1.82) is 0 Å². The molecule has 0 radical (unpaired) electrons. The summed E-state index contributed by atoms with van der Waals surface area (Å²) in [6, 6.07) is 0. The Hall–Kier alpha value is -1.00. The van der Waals surface area contributed by atoms with Crippen LogP contribution < -0.4 is 0 Å². The lowest BCUT2D eigenvalue weighted by molar-refractivity contribution is 0.276. The molecule has 9 heavy (non-hydrogen) atoms. The van der Waals surface area contributed by atoms with Gasteiger partial charge in [0.05, 0.1) is 20.6 Å². The van der Waals surface area contributed by atoms with Crippen LogP contribution in [0.3, 0.4) is 0 Å². The van der Waals surface area contributed by atoms with Gasteiger partial charge in [0.2, 0.25) is 0 Å². The van der Waals surface area contributed by atoms with E-state index < -0.39 is 0 Å². The second kappa shape index (κ2) is 5.14. The van der Waals surface area contributed by atoms with Crippen LogP contribution in [0.25, 0.3) is 0 Å². The average molecular weight is 129 g/mol. The van der Waals surface area contributed by atoms with E-state index in [9.17, 15) is 0 Å². The van der Waals surface area contributed by atoms with E-state index in [4.69, 9.17) is 0 Å². The Kier molecular flexibility index (Phi) is 4.57. The predicted octanol–water partition coefficient (Wildman–Crippen LogP) is 1.30. The maximum atomic E-state index is 3.63. The first-order valence-electron chi connectivity index (χ1n) is 2.72. The van der Waals surface area contributed by atoms with Gasteiger partial charge in [-0.15, -0.1) is 5.12 Å². The molecular formula is C4H11N5. The molecule has 0 aliphatic heterocycles. The molecule has 0 atom stereocenters. The molecule has 0 saturated carbocycles. The first kappa shape index (κ1) is 8.00. The first-order valence-corrected chi connectivity index (χ1v) is 2.72. The minimum Gasteiger partial charge on any atom is -0.173 e. The van der Waals surface area contributed by atoms with E-state index in [0.717, 1.165) is 0 Å². The molecule has 0 heterocycles. The summed E-state index contributed by atoms with van der Waals surface area (Å²) in [4.78, 5) is 0. The zero-order valence-corrected chi connectivity index (χ0v) is 5.94. The van der Waals surface area contributed by atoms with Gasteiger partial charge in [-0.3, -0.25) is 0 Å². The third-order valence-corrected chi connectivity index (χ3v) is 0.668. The van der Waals surface area contributed by atoms with E-state index in [0.29, 0.717) is 6.54 Å². The van der Waals surface area contributed by atoms with E-state index in [-0.39, 0.29) is 0 Å². The van der Waals surface area contributed by atoms with E-state index in [1.165, 1.54) is 5.12 Å². The molecule has 5 nitrogen and oxygen atoms in total. The van der Waals surface area contributed by atoms with Gasteiger partial charge in [-0.1, -0.05) is 10.4 Å². The lowest BCUT2D eigenvalue weighted by Gasteiger charge is -2.02. The second-order valence-corrected chi connectivity index (χ2v) is 1.27. The Bertz CT molecular complexity index is 95.5. The third kappa shape index (κ3) is 3.57. The van der Waals surface area contributed by atoms with Crippen LogP contribution in [0, 0.1) is 0 Å². The Morgan fingerprint density at radius 2 is 1.56 bits per heavy atom. The van der Waals surface area contributed by atoms with E-state index in [1.54, 1.807) is 14.1 Å². The van der Waals surface area contributed by atoms with Crippen LogP contribution in [-0.2, 0) is 0 Å². The molecule has 52 valence electrons. The van der Waals surface area contributed by atoms with Crippen LogP contribution in [0.2, 0.25) is 0 Å². The molecule has 0 aliphatic carbocycles. The SMILES string of the molecule is CCN(N=NC)N=NC. The standard InChI is InChI=1S/C4H11N5/c1-4-9(7-5-2)8-6-3/h4H2,1-3H3. The van der Waals surface area contributed by atoms with Crippen molar-refractivity contribution in [3.63, 3.8) is 0 Å². The van der Waals surface area contributed by atoms with Crippen molar-refractivity contribution in [2.24, 2.45) is 20.7 Å². The quantitative estimate of drug-likeness (QED) is 0.418. The Balaban J connectivity index is 3.68. The number of hydrogen-bond acceptors (Lipinski definition) is 4. The van der Waals surface area contributed by atoms with Gasteiger partial charge in [-0.2, -0.15) is 10.2 Å². The molecule has 0 aromatic carbocycles. The minimum atomic E-state index is 0.689. The van der Waals surface area contributed by atoms with Crippen molar-refractivity contribution in [3.05, 3.63) is 0 Å². The van der Waals surface area contributed by atoms with Crippen LogP contribution in [-0.4, -0.2) is 25.8 Å². The Morgan fingerprint density at radius 3 is 1.78 bits per heavy atom. The fraction of sp³-hybridized carbons (Fsp3) is 1.00. The summed E-state index contributed by atoms with van der Waals surface area (Å²) in [6.45, 7) is 2.61. The first-order chi connectivity index (χ1) is 4.35. The molecule has 0 aromatic heterocycles. The second-order valence-electron chi connectivity index (χ2n) is 1.27. The predicted molar refractivity (Wildman–Crippen MR) is 33.9 cm³/mol. The van der Waals surface area contributed by atoms with E-state index in [1.807, 2.05) is 6.92 Å². The number of nitrogens with zero attached hydrogens (tertiary/aromatic N) is 5. The van der Waals surface area contributed by atoms with Crippen LogP contribution in [0.15, 0.2) is 20.7 Å². The van der Waals surface area contributed by atoms with Gasteiger partial charge >= 0.3 is 0 Å². The van der Waals surface area contributed by atoms with Crippen molar-refractivity contribution >= 4 is 0 Å². The highest BCUT2D eigenvalue weighted by molar-refractivity contribution is 4.28. The topological polar surface area (TPSA) is 52.7 Å². The summed E-state index contributed by atoms with van der Waals surface area (Å²) >= 11 is 0. The summed E-state index contributed by atoms with van der Waals surface area (Å²) in [5, 5.41) is 15.7.